The van der Waals surface area contributed by atoms with Gasteiger partial charge in [-0.15, -0.1) is 0 Å². The van der Waals surface area contributed by atoms with Gasteiger partial charge in [0, 0.05) is 5.69 Å². The Hall–Kier alpha value is -3.33. The van der Waals surface area contributed by atoms with Crippen molar-refractivity contribution in [2.75, 3.05) is 12.4 Å². The van der Waals surface area contributed by atoms with Gasteiger partial charge in [0.15, 0.2) is 0 Å². The minimum Gasteiger partial charge on any atom is -0.469 e. The first-order valence-corrected chi connectivity index (χ1v) is 7.32. The van der Waals surface area contributed by atoms with E-state index in [-0.39, 0.29) is 6.42 Å². The van der Waals surface area contributed by atoms with Gasteiger partial charge in [-0.25, -0.2) is 4.79 Å². The van der Waals surface area contributed by atoms with Crippen LogP contribution >= 0.6 is 0 Å². The molecule has 2 rings (SSSR count). The Labute approximate surface area is 140 Å². The largest absolute Gasteiger partial charge is 0.469 e. The summed E-state index contributed by atoms with van der Waals surface area (Å²) in [5.74, 6) is -0.414. The van der Waals surface area contributed by atoms with Gasteiger partial charge in [-0.05, 0) is 29.8 Å². The Kier molecular flexibility index (Phi) is 5.92. The van der Waals surface area contributed by atoms with Crippen LogP contribution < -0.4 is 10.6 Å². The summed E-state index contributed by atoms with van der Waals surface area (Å²) in [6.45, 7) is 0. The van der Waals surface area contributed by atoms with Gasteiger partial charge in [-0.1, -0.05) is 30.3 Å². The molecule has 0 aliphatic carbocycles. The van der Waals surface area contributed by atoms with Crippen LogP contribution in [0.15, 0.2) is 54.6 Å². The van der Waals surface area contributed by atoms with Gasteiger partial charge in [0.25, 0.3) is 0 Å². The zero-order chi connectivity index (χ0) is 17.4. The minimum absolute atomic E-state index is 0.0291. The molecule has 0 radical (unpaired) electrons. The molecular weight excluding hydrogens is 306 g/mol. The molecule has 0 spiro atoms. The van der Waals surface area contributed by atoms with Crippen molar-refractivity contribution in [3.63, 3.8) is 0 Å². The number of anilines is 1. The van der Waals surface area contributed by atoms with Crippen molar-refractivity contribution in [1.82, 2.24) is 5.32 Å². The molecule has 0 bridgehead atoms. The van der Waals surface area contributed by atoms with Crippen molar-refractivity contribution in [3.8, 4) is 6.07 Å². The molecule has 0 saturated carbocycles. The predicted molar refractivity (Wildman–Crippen MR) is 89.1 cm³/mol. The molecule has 0 fully saturated rings. The van der Waals surface area contributed by atoms with Crippen LogP contribution in [0.2, 0.25) is 0 Å². The number of rotatable bonds is 5. The quantitative estimate of drug-likeness (QED) is 0.828. The molecule has 1 unspecified atom stereocenters. The Morgan fingerprint density at radius 2 is 1.79 bits per heavy atom. The maximum absolute atomic E-state index is 12.2. The molecule has 0 aliphatic rings. The first kappa shape index (κ1) is 17.0. The molecule has 2 aromatic carbocycles. The maximum Gasteiger partial charge on any atom is 0.319 e. The highest BCUT2D eigenvalue weighted by Crippen LogP contribution is 2.17. The highest BCUT2D eigenvalue weighted by molar-refractivity contribution is 5.90. The Morgan fingerprint density at radius 1 is 1.12 bits per heavy atom. The summed E-state index contributed by atoms with van der Waals surface area (Å²) in [6.07, 6.45) is 0.0291. The second kappa shape index (κ2) is 8.34. The second-order valence-corrected chi connectivity index (χ2v) is 5.03. The monoisotopic (exact) mass is 323 g/mol. The summed E-state index contributed by atoms with van der Waals surface area (Å²) < 4.78 is 4.69. The van der Waals surface area contributed by atoms with E-state index in [0.29, 0.717) is 11.3 Å². The lowest BCUT2D eigenvalue weighted by Gasteiger charge is -2.18. The lowest BCUT2D eigenvalue weighted by molar-refractivity contribution is -0.141. The SMILES string of the molecule is COC(=O)CC(NC(=O)Nc1ccc(C#N)cc1)c1ccccc1. The van der Waals surface area contributed by atoms with Gasteiger partial charge in [0.2, 0.25) is 0 Å². The zero-order valence-corrected chi connectivity index (χ0v) is 13.2. The van der Waals surface area contributed by atoms with Crippen LogP contribution in [0.4, 0.5) is 10.5 Å². The molecule has 2 N–H and O–H groups in total. The molecule has 24 heavy (non-hydrogen) atoms. The summed E-state index contributed by atoms with van der Waals surface area (Å²) in [7, 11) is 1.31. The number of carbonyl (C=O) groups is 2. The van der Waals surface area contributed by atoms with E-state index in [2.05, 4.69) is 15.4 Å². The molecule has 6 heteroatoms. The number of esters is 1. The third-order valence-corrected chi connectivity index (χ3v) is 3.38. The van der Waals surface area contributed by atoms with E-state index < -0.39 is 18.0 Å². The number of methoxy groups -OCH3 is 1. The zero-order valence-electron chi connectivity index (χ0n) is 13.2. The Morgan fingerprint density at radius 3 is 2.38 bits per heavy atom. The molecule has 0 aliphatic heterocycles. The Bertz CT molecular complexity index is 736. The van der Waals surface area contributed by atoms with E-state index in [1.54, 1.807) is 24.3 Å². The average molecular weight is 323 g/mol. The number of carbonyl (C=O) groups excluding carboxylic acids is 2. The van der Waals surface area contributed by atoms with Gasteiger partial charge in [0.1, 0.15) is 0 Å². The van der Waals surface area contributed by atoms with Crippen LogP contribution in [0.3, 0.4) is 0 Å². The van der Waals surface area contributed by atoms with E-state index in [1.165, 1.54) is 7.11 Å². The van der Waals surface area contributed by atoms with Crippen molar-refractivity contribution in [2.24, 2.45) is 0 Å². The van der Waals surface area contributed by atoms with Crippen LogP contribution in [-0.2, 0) is 9.53 Å². The molecule has 0 heterocycles. The van der Waals surface area contributed by atoms with Gasteiger partial charge in [-0.2, -0.15) is 5.26 Å². The lowest BCUT2D eigenvalue weighted by atomic mass is 10.0. The first-order valence-electron chi connectivity index (χ1n) is 7.32. The minimum atomic E-state index is -0.503. The number of benzene rings is 2. The smallest absolute Gasteiger partial charge is 0.319 e. The topological polar surface area (TPSA) is 91.2 Å². The van der Waals surface area contributed by atoms with E-state index in [0.717, 1.165) is 5.56 Å². The standard InChI is InChI=1S/C18H17N3O3/c1-24-17(22)11-16(14-5-3-2-4-6-14)21-18(23)20-15-9-7-13(12-19)8-10-15/h2-10,16H,11H2,1H3,(H2,20,21,23). The normalized spacial score (nSPS) is 11.0. The fourth-order valence-electron chi connectivity index (χ4n) is 2.14. The van der Waals surface area contributed by atoms with Crippen molar-refractivity contribution >= 4 is 17.7 Å². The van der Waals surface area contributed by atoms with Gasteiger partial charge in [0.05, 0.1) is 31.2 Å². The predicted octanol–water partition coefficient (Wildman–Crippen LogP) is 2.98. The average Bonchev–Trinajstić information content (AvgIpc) is 2.62. The summed E-state index contributed by atoms with van der Waals surface area (Å²) in [5, 5.41) is 14.2. The molecular formula is C18H17N3O3. The van der Waals surface area contributed by atoms with E-state index in [1.807, 2.05) is 36.4 Å². The molecule has 1 atom stereocenters. The molecule has 6 nitrogen and oxygen atoms in total. The summed E-state index contributed by atoms with van der Waals surface area (Å²) >= 11 is 0. The van der Waals surface area contributed by atoms with Gasteiger partial charge in [-0.3, -0.25) is 4.79 Å². The number of nitrogens with zero attached hydrogens (tertiary/aromatic N) is 1. The highest BCUT2D eigenvalue weighted by atomic mass is 16.5. The van der Waals surface area contributed by atoms with Crippen molar-refractivity contribution in [2.45, 2.75) is 12.5 Å². The van der Waals surface area contributed by atoms with Crippen LogP contribution in [0, 0.1) is 11.3 Å². The van der Waals surface area contributed by atoms with Crippen molar-refractivity contribution in [3.05, 3.63) is 65.7 Å². The van der Waals surface area contributed by atoms with Crippen LogP contribution in [0.1, 0.15) is 23.6 Å². The van der Waals surface area contributed by atoms with E-state index in [4.69, 9.17) is 5.26 Å². The third kappa shape index (κ3) is 4.85. The molecule has 0 aromatic heterocycles. The van der Waals surface area contributed by atoms with Crippen LogP contribution in [0.25, 0.3) is 0 Å². The third-order valence-electron chi connectivity index (χ3n) is 3.38. The second-order valence-electron chi connectivity index (χ2n) is 5.03. The van der Waals surface area contributed by atoms with Crippen molar-refractivity contribution in [1.29, 1.82) is 5.26 Å². The summed E-state index contributed by atoms with van der Waals surface area (Å²) in [4.78, 5) is 23.8. The molecule has 2 aromatic rings. The van der Waals surface area contributed by atoms with Gasteiger partial charge >= 0.3 is 12.0 Å². The maximum atomic E-state index is 12.2. The fraction of sp³-hybridized carbons (Fsp3) is 0.167. The van der Waals surface area contributed by atoms with Crippen molar-refractivity contribution < 1.29 is 14.3 Å². The number of hydrogen-bond donors (Lipinski definition) is 2. The fourth-order valence-corrected chi connectivity index (χ4v) is 2.14. The van der Waals surface area contributed by atoms with Gasteiger partial charge < -0.3 is 15.4 Å². The van der Waals surface area contributed by atoms with E-state index in [9.17, 15) is 9.59 Å². The first-order chi connectivity index (χ1) is 11.6. The number of urea groups is 1. The number of nitriles is 1. The number of ether oxygens (including phenoxy) is 1. The van der Waals surface area contributed by atoms with Crippen LogP contribution in [0.5, 0.6) is 0 Å². The van der Waals surface area contributed by atoms with Crippen LogP contribution in [-0.4, -0.2) is 19.1 Å². The van der Waals surface area contributed by atoms with E-state index >= 15 is 0 Å². The number of nitrogens with one attached hydrogen (secondary N) is 2. The highest BCUT2D eigenvalue weighted by Gasteiger charge is 2.18. The summed E-state index contributed by atoms with van der Waals surface area (Å²) in [5.41, 5.74) is 1.86. The number of amides is 2. The molecule has 2 amide bonds. The summed E-state index contributed by atoms with van der Waals surface area (Å²) in [6, 6.07) is 16.7. The Balaban J connectivity index is 2.06. The number of hydrogen-bond acceptors (Lipinski definition) is 4. The lowest BCUT2D eigenvalue weighted by Crippen LogP contribution is -2.34. The molecule has 0 saturated heterocycles. The molecule has 122 valence electrons.